The highest BCUT2D eigenvalue weighted by atomic mass is 16.3. The fourth-order valence-electron chi connectivity index (χ4n) is 1.02. The van der Waals surface area contributed by atoms with E-state index in [-0.39, 0.29) is 0 Å². The predicted octanol–water partition coefficient (Wildman–Crippen LogP) is 0.727. The van der Waals surface area contributed by atoms with E-state index in [9.17, 15) is 5.11 Å². The van der Waals surface area contributed by atoms with Crippen molar-refractivity contribution in [2.75, 3.05) is 6.54 Å². The maximum absolute atomic E-state index is 9.71. The van der Waals surface area contributed by atoms with Crippen LogP contribution in [0.4, 0.5) is 0 Å². The lowest BCUT2D eigenvalue weighted by Crippen LogP contribution is -2.36. The summed E-state index contributed by atoms with van der Waals surface area (Å²) in [6, 6.07) is 0. The van der Waals surface area contributed by atoms with E-state index in [4.69, 9.17) is 0 Å². The molecule has 2 N–H and O–H groups in total. The zero-order valence-electron chi connectivity index (χ0n) is 8.70. The first-order valence-corrected chi connectivity index (χ1v) is 4.81. The molecule has 0 bridgehead atoms. The highest BCUT2D eigenvalue weighted by Crippen LogP contribution is 2.06. The van der Waals surface area contributed by atoms with Gasteiger partial charge in [-0.25, -0.2) is 9.97 Å². The molecule has 1 atom stereocenters. The second kappa shape index (κ2) is 5.02. The fraction of sp³-hybridized carbons (Fsp3) is 0.600. The van der Waals surface area contributed by atoms with Crippen molar-refractivity contribution in [3.63, 3.8) is 0 Å². The van der Waals surface area contributed by atoms with Crippen LogP contribution in [0.25, 0.3) is 0 Å². The first-order valence-electron chi connectivity index (χ1n) is 4.81. The monoisotopic (exact) mass is 195 g/mol. The van der Waals surface area contributed by atoms with Gasteiger partial charge in [0.1, 0.15) is 6.33 Å². The number of hydrogen-bond donors (Lipinski definition) is 2. The van der Waals surface area contributed by atoms with Crippen molar-refractivity contribution in [3.05, 3.63) is 24.3 Å². The average Bonchev–Trinajstić information content (AvgIpc) is 2.19. The van der Waals surface area contributed by atoms with Crippen molar-refractivity contribution in [3.8, 4) is 0 Å². The molecule has 0 aliphatic carbocycles. The number of hydrogen-bond acceptors (Lipinski definition) is 4. The summed E-state index contributed by atoms with van der Waals surface area (Å²) in [7, 11) is 0. The van der Waals surface area contributed by atoms with Crippen LogP contribution in [0.2, 0.25) is 0 Å². The van der Waals surface area contributed by atoms with Gasteiger partial charge in [-0.1, -0.05) is 6.92 Å². The second-order valence-electron chi connectivity index (χ2n) is 3.70. The van der Waals surface area contributed by atoms with Crippen LogP contribution in [0.3, 0.4) is 0 Å². The molecule has 1 aromatic heterocycles. The summed E-state index contributed by atoms with van der Waals surface area (Å²) < 4.78 is 0. The zero-order valence-corrected chi connectivity index (χ0v) is 8.70. The van der Waals surface area contributed by atoms with Crippen LogP contribution in [0, 0.1) is 0 Å². The summed E-state index contributed by atoms with van der Waals surface area (Å²) in [6.45, 7) is 5.06. The third kappa shape index (κ3) is 3.81. The van der Waals surface area contributed by atoms with Gasteiger partial charge in [-0.05, 0) is 13.3 Å². The van der Waals surface area contributed by atoms with Gasteiger partial charge >= 0.3 is 0 Å². The van der Waals surface area contributed by atoms with E-state index >= 15 is 0 Å². The van der Waals surface area contributed by atoms with Gasteiger partial charge in [0.25, 0.3) is 0 Å². The third-order valence-electron chi connectivity index (χ3n) is 2.21. The quantitative estimate of drug-likeness (QED) is 0.727. The molecule has 0 saturated carbocycles. The molecule has 78 valence electrons. The number of aromatic nitrogens is 2. The van der Waals surface area contributed by atoms with Crippen LogP contribution in [-0.2, 0) is 6.54 Å². The lowest BCUT2D eigenvalue weighted by Gasteiger charge is -2.21. The van der Waals surface area contributed by atoms with Gasteiger partial charge in [-0.2, -0.15) is 0 Å². The Kier molecular flexibility index (Phi) is 3.98. The van der Waals surface area contributed by atoms with E-state index in [1.54, 1.807) is 12.4 Å². The van der Waals surface area contributed by atoms with E-state index in [1.807, 2.05) is 13.8 Å². The van der Waals surface area contributed by atoms with E-state index in [0.717, 1.165) is 12.0 Å². The molecule has 1 rings (SSSR count). The van der Waals surface area contributed by atoms with E-state index in [2.05, 4.69) is 15.3 Å². The Morgan fingerprint density at radius 2 is 2.07 bits per heavy atom. The molecule has 1 aromatic rings. The molecular formula is C10H17N3O. The maximum atomic E-state index is 9.71. The molecule has 1 unspecified atom stereocenters. The molecule has 0 aliphatic rings. The summed E-state index contributed by atoms with van der Waals surface area (Å²) in [6.07, 6.45) is 5.78. The van der Waals surface area contributed by atoms with Gasteiger partial charge in [0, 0.05) is 31.0 Å². The minimum absolute atomic E-state index is 0.582. The summed E-state index contributed by atoms with van der Waals surface area (Å²) in [5.74, 6) is 0. The maximum Gasteiger partial charge on any atom is 0.115 e. The first-order chi connectivity index (χ1) is 6.64. The van der Waals surface area contributed by atoms with Crippen LogP contribution in [0.15, 0.2) is 18.7 Å². The van der Waals surface area contributed by atoms with Gasteiger partial charge in [0.2, 0.25) is 0 Å². The molecule has 0 spiro atoms. The molecular weight excluding hydrogens is 178 g/mol. The van der Waals surface area contributed by atoms with Gasteiger partial charge in [0.15, 0.2) is 0 Å². The smallest absolute Gasteiger partial charge is 0.115 e. The molecule has 0 radical (unpaired) electrons. The van der Waals surface area contributed by atoms with Crippen molar-refractivity contribution in [2.24, 2.45) is 0 Å². The lowest BCUT2D eigenvalue weighted by molar-refractivity contribution is 0.0555. The molecule has 0 fully saturated rings. The van der Waals surface area contributed by atoms with E-state index in [0.29, 0.717) is 13.1 Å². The SMILES string of the molecule is CCC(C)(O)CNCc1cncnc1. The lowest BCUT2D eigenvalue weighted by atomic mass is 10.0. The minimum atomic E-state index is -0.629. The Balaban J connectivity index is 2.29. The van der Waals surface area contributed by atoms with E-state index < -0.39 is 5.60 Å². The number of rotatable bonds is 5. The van der Waals surface area contributed by atoms with Crippen molar-refractivity contribution < 1.29 is 5.11 Å². The van der Waals surface area contributed by atoms with Gasteiger partial charge in [-0.15, -0.1) is 0 Å². The van der Waals surface area contributed by atoms with Crippen molar-refractivity contribution in [2.45, 2.75) is 32.4 Å². The number of aliphatic hydroxyl groups is 1. The summed E-state index contributed by atoms with van der Waals surface area (Å²) >= 11 is 0. The molecule has 4 nitrogen and oxygen atoms in total. The predicted molar refractivity (Wildman–Crippen MR) is 54.7 cm³/mol. The molecule has 4 heteroatoms. The molecule has 0 saturated heterocycles. The Bertz CT molecular complexity index is 261. The second-order valence-corrected chi connectivity index (χ2v) is 3.70. The summed E-state index contributed by atoms with van der Waals surface area (Å²) in [4.78, 5) is 7.81. The molecule has 0 aromatic carbocycles. The Labute approximate surface area is 84.4 Å². The van der Waals surface area contributed by atoms with Crippen LogP contribution in [-0.4, -0.2) is 27.2 Å². The highest BCUT2D eigenvalue weighted by Gasteiger charge is 2.15. The Morgan fingerprint density at radius 3 is 2.64 bits per heavy atom. The molecule has 14 heavy (non-hydrogen) atoms. The zero-order chi connectivity index (χ0) is 10.4. The summed E-state index contributed by atoms with van der Waals surface area (Å²) in [5.41, 5.74) is 0.398. The van der Waals surface area contributed by atoms with E-state index in [1.165, 1.54) is 6.33 Å². The van der Waals surface area contributed by atoms with Gasteiger partial charge in [0.05, 0.1) is 5.60 Å². The van der Waals surface area contributed by atoms with Crippen molar-refractivity contribution >= 4 is 0 Å². The largest absolute Gasteiger partial charge is 0.389 e. The standard InChI is InChI=1S/C10H17N3O/c1-3-10(2,14)7-11-4-9-5-12-8-13-6-9/h5-6,8,11,14H,3-4,7H2,1-2H3. The van der Waals surface area contributed by atoms with Crippen LogP contribution in [0.5, 0.6) is 0 Å². The third-order valence-corrected chi connectivity index (χ3v) is 2.21. The van der Waals surface area contributed by atoms with Crippen molar-refractivity contribution in [1.29, 1.82) is 0 Å². The topological polar surface area (TPSA) is 58.0 Å². The summed E-state index contributed by atoms with van der Waals surface area (Å²) in [5, 5.41) is 12.9. The Morgan fingerprint density at radius 1 is 1.43 bits per heavy atom. The van der Waals surface area contributed by atoms with Crippen LogP contribution < -0.4 is 5.32 Å². The fourth-order valence-corrected chi connectivity index (χ4v) is 1.02. The molecule has 1 heterocycles. The van der Waals surface area contributed by atoms with Crippen molar-refractivity contribution in [1.82, 2.24) is 15.3 Å². The minimum Gasteiger partial charge on any atom is -0.389 e. The molecule has 0 aliphatic heterocycles. The highest BCUT2D eigenvalue weighted by molar-refractivity contribution is 5.01. The van der Waals surface area contributed by atoms with Gasteiger partial charge in [-0.3, -0.25) is 0 Å². The van der Waals surface area contributed by atoms with Crippen LogP contribution >= 0.6 is 0 Å². The number of nitrogens with zero attached hydrogens (tertiary/aromatic N) is 2. The average molecular weight is 195 g/mol. The Hall–Kier alpha value is -1.00. The normalized spacial score (nSPS) is 15.1. The van der Waals surface area contributed by atoms with Crippen LogP contribution in [0.1, 0.15) is 25.8 Å². The first kappa shape index (κ1) is 11.1. The van der Waals surface area contributed by atoms with Gasteiger partial charge < -0.3 is 10.4 Å². The molecule has 0 amide bonds. The number of nitrogens with one attached hydrogen (secondary N) is 1.